The Morgan fingerprint density at radius 3 is 1.88 bits per heavy atom. The number of fused-ring (bicyclic) bond motifs is 1. The number of rotatable bonds is 2. The van der Waals surface area contributed by atoms with Crippen LogP contribution in [-0.2, 0) is 0 Å². The number of hydrogen-bond donors (Lipinski definition) is 1. The van der Waals surface area contributed by atoms with Crippen molar-refractivity contribution in [1.29, 1.82) is 0 Å². The fraction of sp³-hybridized carbons (Fsp3) is 0.0500. The highest BCUT2D eigenvalue weighted by atomic mass is 16.7. The predicted molar refractivity (Wildman–Crippen MR) is 91.4 cm³/mol. The average Bonchev–Trinajstić information content (AvgIpc) is 3.12. The van der Waals surface area contributed by atoms with Crippen molar-refractivity contribution in [2.75, 3.05) is 6.79 Å². The molecule has 0 saturated carbocycles. The van der Waals surface area contributed by atoms with Gasteiger partial charge in [-0.15, -0.1) is 0 Å². The first-order valence-corrected chi connectivity index (χ1v) is 7.48. The molecule has 0 unspecified atom stereocenters. The van der Waals surface area contributed by atoms with E-state index in [-0.39, 0.29) is 12.4 Å². The molecule has 4 heteroatoms. The number of ether oxygens (including phenoxy) is 2. The Kier molecular flexibility index (Phi) is 4.77. The Hall–Kier alpha value is -3.27. The van der Waals surface area contributed by atoms with E-state index in [9.17, 15) is 4.79 Å². The summed E-state index contributed by atoms with van der Waals surface area (Å²) < 4.78 is 9.99. The predicted octanol–water partition coefficient (Wildman–Crippen LogP) is 4.47. The summed E-state index contributed by atoms with van der Waals surface area (Å²) in [7, 11) is 0. The minimum Gasteiger partial charge on any atom is -0.478 e. The van der Waals surface area contributed by atoms with Gasteiger partial charge in [-0.25, -0.2) is 4.79 Å². The van der Waals surface area contributed by atoms with Crippen molar-refractivity contribution in [2.24, 2.45) is 0 Å². The molecule has 1 aliphatic rings. The molecule has 1 aliphatic heterocycles. The molecule has 0 aromatic heterocycles. The third kappa shape index (κ3) is 3.55. The van der Waals surface area contributed by atoms with Gasteiger partial charge in [-0.05, 0) is 23.3 Å². The second-order valence-corrected chi connectivity index (χ2v) is 5.08. The third-order valence-electron chi connectivity index (χ3n) is 3.51. The van der Waals surface area contributed by atoms with Gasteiger partial charge in [0.15, 0.2) is 11.5 Å². The summed E-state index contributed by atoms with van der Waals surface area (Å²) in [5.74, 6) is -0.183. The van der Waals surface area contributed by atoms with Crippen LogP contribution in [0.1, 0.15) is 10.4 Å². The third-order valence-corrected chi connectivity index (χ3v) is 3.51. The van der Waals surface area contributed by atoms with Crippen LogP contribution in [0.2, 0.25) is 0 Å². The van der Waals surface area contributed by atoms with Gasteiger partial charge in [0.1, 0.15) is 5.56 Å². The number of benzene rings is 3. The summed E-state index contributed by atoms with van der Waals surface area (Å²) in [6.45, 7) is 0.0969. The highest BCUT2D eigenvalue weighted by molar-refractivity contribution is 5.92. The first-order valence-electron chi connectivity index (χ1n) is 7.48. The van der Waals surface area contributed by atoms with E-state index in [0.717, 1.165) is 0 Å². The summed E-state index contributed by atoms with van der Waals surface area (Å²) in [5, 5.41) is 8.71. The monoisotopic (exact) mass is 320 g/mol. The molecular formula is C20H16O4. The first-order chi connectivity index (χ1) is 11.8. The smallest absolute Gasteiger partial charge is 0.339 e. The largest absolute Gasteiger partial charge is 0.478 e. The quantitative estimate of drug-likeness (QED) is 0.757. The summed E-state index contributed by atoms with van der Waals surface area (Å²) in [6.07, 6.45) is 0. The maximum Gasteiger partial charge on any atom is 0.339 e. The maximum atomic E-state index is 10.6. The van der Waals surface area contributed by atoms with Crippen LogP contribution in [0.25, 0.3) is 11.1 Å². The van der Waals surface area contributed by atoms with Gasteiger partial charge in [0.25, 0.3) is 0 Å². The molecule has 0 fully saturated rings. The second-order valence-electron chi connectivity index (χ2n) is 5.08. The number of hydrogen-bond acceptors (Lipinski definition) is 3. The van der Waals surface area contributed by atoms with E-state index in [4.69, 9.17) is 14.6 Å². The van der Waals surface area contributed by atoms with Crippen molar-refractivity contribution >= 4 is 5.97 Å². The summed E-state index contributed by atoms with van der Waals surface area (Å²) in [6, 6.07) is 25.6. The fourth-order valence-corrected chi connectivity index (χ4v) is 2.36. The number of carboxylic acid groups (broad SMARTS) is 1. The molecule has 0 bridgehead atoms. The molecule has 120 valence electrons. The normalized spacial score (nSPS) is 11.3. The molecule has 0 atom stereocenters. The van der Waals surface area contributed by atoms with Crippen molar-refractivity contribution in [3.05, 3.63) is 84.4 Å². The van der Waals surface area contributed by atoms with Crippen LogP contribution in [0, 0.1) is 0 Å². The Morgan fingerprint density at radius 1 is 0.750 bits per heavy atom. The highest BCUT2D eigenvalue weighted by Crippen LogP contribution is 2.34. The number of para-hydroxylation sites is 1. The van der Waals surface area contributed by atoms with E-state index in [1.807, 2.05) is 12.1 Å². The molecule has 1 heterocycles. The van der Waals surface area contributed by atoms with Crippen molar-refractivity contribution in [3.8, 4) is 22.6 Å². The molecule has 4 rings (SSSR count). The highest BCUT2D eigenvalue weighted by Gasteiger charge is 2.20. The van der Waals surface area contributed by atoms with Gasteiger partial charge in [-0.3, -0.25) is 0 Å². The van der Waals surface area contributed by atoms with Crippen molar-refractivity contribution in [1.82, 2.24) is 0 Å². The zero-order valence-electron chi connectivity index (χ0n) is 12.9. The van der Waals surface area contributed by atoms with Crippen LogP contribution in [0.5, 0.6) is 11.5 Å². The molecule has 0 amide bonds. The van der Waals surface area contributed by atoms with E-state index < -0.39 is 5.97 Å². The van der Waals surface area contributed by atoms with Crippen molar-refractivity contribution in [2.45, 2.75) is 0 Å². The minimum absolute atomic E-state index is 0.0969. The van der Waals surface area contributed by atoms with E-state index in [0.29, 0.717) is 11.5 Å². The zero-order valence-corrected chi connectivity index (χ0v) is 12.9. The number of carboxylic acids is 1. The standard InChI is InChI=1S/C12H10.C8H6O4/c1-3-7-11(8-4-1)12-9-5-2-6-10-12;9-8(10)5-2-1-3-6-7(5)12-4-11-6/h1-10H;1-3H,4H2,(H,9,10). The Bertz CT molecular complexity index is 776. The molecular weight excluding hydrogens is 304 g/mol. The van der Waals surface area contributed by atoms with Crippen LogP contribution in [0.4, 0.5) is 0 Å². The lowest BCUT2D eigenvalue weighted by Crippen LogP contribution is -1.99. The number of carbonyl (C=O) groups is 1. The molecule has 3 aromatic carbocycles. The van der Waals surface area contributed by atoms with E-state index in [2.05, 4.69) is 48.5 Å². The van der Waals surface area contributed by atoms with Crippen LogP contribution < -0.4 is 9.47 Å². The molecule has 0 saturated heterocycles. The maximum absolute atomic E-state index is 10.6. The molecule has 4 nitrogen and oxygen atoms in total. The molecule has 24 heavy (non-hydrogen) atoms. The average molecular weight is 320 g/mol. The molecule has 1 N–H and O–H groups in total. The molecule has 0 spiro atoms. The van der Waals surface area contributed by atoms with Crippen LogP contribution in [0.3, 0.4) is 0 Å². The lowest BCUT2D eigenvalue weighted by molar-refractivity contribution is 0.0692. The van der Waals surface area contributed by atoms with Crippen LogP contribution >= 0.6 is 0 Å². The number of aromatic carboxylic acids is 1. The molecule has 0 radical (unpaired) electrons. The fourth-order valence-electron chi connectivity index (χ4n) is 2.36. The minimum atomic E-state index is -1.00. The lowest BCUT2D eigenvalue weighted by atomic mass is 10.1. The van der Waals surface area contributed by atoms with E-state index >= 15 is 0 Å². The van der Waals surface area contributed by atoms with Gasteiger partial charge in [0, 0.05) is 0 Å². The van der Waals surface area contributed by atoms with E-state index in [1.165, 1.54) is 17.2 Å². The summed E-state index contributed by atoms with van der Waals surface area (Å²) in [5.41, 5.74) is 2.70. The van der Waals surface area contributed by atoms with Gasteiger partial charge in [0.2, 0.25) is 6.79 Å². The SMILES string of the molecule is O=C(O)c1cccc2c1OCO2.c1ccc(-c2ccccc2)cc1. The van der Waals surface area contributed by atoms with Crippen LogP contribution in [-0.4, -0.2) is 17.9 Å². The summed E-state index contributed by atoms with van der Waals surface area (Å²) in [4.78, 5) is 10.6. The van der Waals surface area contributed by atoms with Crippen molar-refractivity contribution < 1.29 is 19.4 Å². The Balaban J connectivity index is 0.000000141. The summed E-state index contributed by atoms with van der Waals surface area (Å²) >= 11 is 0. The van der Waals surface area contributed by atoms with Gasteiger partial charge < -0.3 is 14.6 Å². The zero-order chi connectivity index (χ0) is 16.8. The first kappa shape index (κ1) is 15.6. The second kappa shape index (κ2) is 7.33. The molecule has 3 aromatic rings. The van der Waals surface area contributed by atoms with Gasteiger partial charge in [-0.1, -0.05) is 66.7 Å². The van der Waals surface area contributed by atoms with Crippen LogP contribution in [0.15, 0.2) is 78.9 Å². The topological polar surface area (TPSA) is 55.8 Å². The Labute approximate surface area is 139 Å². The van der Waals surface area contributed by atoms with Gasteiger partial charge >= 0.3 is 5.97 Å². The van der Waals surface area contributed by atoms with Gasteiger partial charge in [0.05, 0.1) is 0 Å². The van der Waals surface area contributed by atoms with Crippen molar-refractivity contribution in [3.63, 3.8) is 0 Å². The van der Waals surface area contributed by atoms with Gasteiger partial charge in [-0.2, -0.15) is 0 Å². The van der Waals surface area contributed by atoms with E-state index in [1.54, 1.807) is 12.1 Å². The molecule has 0 aliphatic carbocycles. The Morgan fingerprint density at radius 2 is 1.33 bits per heavy atom. The lowest BCUT2D eigenvalue weighted by Gasteiger charge is -1.98.